The highest BCUT2D eigenvalue weighted by atomic mass is 16.6. The third-order valence-electron chi connectivity index (χ3n) is 2.77. The second-order valence-corrected chi connectivity index (χ2v) is 4.02. The summed E-state index contributed by atoms with van der Waals surface area (Å²) in [5.41, 5.74) is 0.516. The summed E-state index contributed by atoms with van der Waals surface area (Å²) < 4.78 is 4.51. The van der Waals surface area contributed by atoms with Gasteiger partial charge < -0.3 is 14.9 Å². The Labute approximate surface area is 111 Å². The normalized spacial score (nSPS) is 13.3. The molecule has 0 saturated carbocycles. The van der Waals surface area contributed by atoms with Gasteiger partial charge in [-0.2, -0.15) is 0 Å². The van der Waals surface area contributed by atoms with Crippen LogP contribution in [0.5, 0.6) is 0 Å². The van der Waals surface area contributed by atoms with Gasteiger partial charge in [-0.05, 0) is 36.3 Å². The molecule has 0 fully saturated rings. The molecule has 19 heavy (non-hydrogen) atoms. The molecule has 0 atom stereocenters. The highest BCUT2D eigenvalue weighted by Crippen LogP contribution is 2.18. The van der Waals surface area contributed by atoms with E-state index in [2.05, 4.69) is 9.73 Å². The molecule has 0 aliphatic rings. The number of ether oxygens (including phenoxy) is 1. The van der Waals surface area contributed by atoms with Crippen LogP contribution >= 0.6 is 0 Å². The van der Waals surface area contributed by atoms with Crippen LogP contribution in [0.2, 0.25) is 0 Å². The molecule has 2 aromatic carbocycles. The second kappa shape index (κ2) is 5.44. The summed E-state index contributed by atoms with van der Waals surface area (Å²) in [6.45, 7) is 1.45. The Bertz CT molecular complexity index is 654. The zero-order valence-corrected chi connectivity index (χ0v) is 10.7. The van der Waals surface area contributed by atoms with Gasteiger partial charge in [-0.1, -0.05) is 42.5 Å². The predicted octanol–water partition coefficient (Wildman–Crippen LogP) is 1.14. The number of rotatable bonds is 3. The van der Waals surface area contributed by atoms with Gasteiger partial charge in [0.2, 0.25) is 0 Å². The van der Waals surface area contributed by atoms with Crippen molar-refractivity contribution in [2.45, 2.75) is 6.92 Å². The minimum atomic E-state index is -0.603. The highest BCUT2D eigenvalue weighted by Gasteiger charge is 2.00. The molecule has 98 valence electrons. The molecular weight excluding hydrogens is 242 g/mol. The average molecular weight is 255 g/mol. The zero-order valence-electron chi connectivity index (χ0n) is 10.7. The summed E-state index contributed by atoms with van der Waals surface area (Å²) in [5, 5.41) is 25.1. The van der Waals surface area contributed by atoms with E-state index in [1.54, 1.807) is 12.1 Å². The fraction of sp³-hybridized carbons (Fsp3) is 0.133. The largest absolute Gasteiger partial charge is 0.858 e. The number of allylic oxidation sites excluding steroid dienone is 1. The number of nitrogens with zero attached hydrogens (tertiary/aromatic N) is 1. The van der Waals surface area contributed by atoms with E-state index < -0.39 is 11.8 Å². The molecule has 0 unspecified atom stereocenters. The Kier molecular flexibility index (Phi) is 3.71. The lowest BCUT2D eigenvalue weighted by Gasteiger charge is -2.16. The van der Waals surface area contributed by atoms with E-state index in [4.69, 9.17) is 0 Å². The van der Waals surface area contributed by atoms with Crippen LogP contribution < -0.4 is 10.2 Å². The van der Waals surface area contributed by atoms with E-state index in [1.807, 2.05) is 30.3 Å². The van der Waals surface area contributed by atoms with Gasteiger partial charge in [0.15, 0.2) is 0 Å². The summed E-state index contributed by atoms with van der Waals surface area (Å²) >= 11 is 0. The molecule has 0 bridgehead atoms. The lowest BCUT2D eigenvalue weighted by Crippen LogP contribution is -2.20. The first-order valence-electron chi connectivity index (χ1n) is 5.79. The molecule has 4 heteroatoms. The van der Waals surface area contributed by atoms with Gasteiger partial charge in [-0.3, -0.25) is 4.99 Å². The van der Waals surface area contributed by atoms with E-state index in [9.17, 15) is 10.2 Å². The molecule has 0 heterocycles. The molecule has 2 rings (SSSR count). The van der Waals surface area contributed by atoms with Gasteiger partial charge in [0.05, 0.1) is 11.6 Å². The van der Waals surface area contributed by atoms with Gasteiger partial charge >= 0.3 is 0 Å². The average Bonchev–Trinajstić information content (AvgIpc) is 2.45. The van der Waals surface area contributed by atoms with Crippen LogP contribution in [0.4, 0.5) is 0 Å². The van der Waals surface area contributed by atoms with E-state index in [1.165, 1.54) is 14.0 Å². The molecule has 0 saturated heterocycles. The Hall–Kier alpha value is -2.49. The smallest absolute Gasteiger partial charge is 0.0728 e. The van der Waals surface area contributed by atoms with Gasteiger partial charge in [0.25, 0.3) is 0 Å². The van der Waals surface area contributed by atoms with E-state index in [0.717, 1.165) is 10.8 Å². The second-order valence-electron chi connectivity index (χ2n) is 4.02. The number of aliphatic imine (C=N–C) groups is 1. The summed E-state index contributed by atoms with van der Waals surface area (Å²) in [7, 11) is 1.25. The summed E-state index contributed by atoms with van der Waals surface area (Å²) in [4.78, 5) is 3.77. The zero-order chi connectivity index (χ0) is 13.8. The van der Waals surface area contributed by atoms with Gasteiger partial charge in [0, 0.05) is 0 Å². The first-order chi connectivity index (χ1) is 9.13. The van der Waals surface area contributed by atoms with Crippen molar-refractivity contribution >= 4 is 16.7 Å². The molecular formula is C15H13NO3-2. The third-order valence-corrected chi connectivity index (χ3v) is 2.77. The van der Waals surface area contributed by atoms with Crippen LogP contribution in [0.1, 0.15) is 12.5 Å². The fourth-order valence-corrected chi connectivity index (χ4v) is 1.82. The number of fused-ring (bicyclic) bond motifs is 1. The van der Waals surface area contributed by atoms with Crippen molar-refractivity contribution in [3.8, 4) is 0 Å². The Balaban J connectivity index is 2.53. The Morgan fingerprint density at radius 3 is 2.47 bits per heavy atom. The molecule has 0 aromatic heterocycles. The van der Waals surface area contributed by atoms with Crippen molar-refractivity contribution < 1.29 is 14.9 Å². The van der Waals surface area contributed by atoms with Crippen LogP contribution in [-0.4, -0.2) is 13.0 Å². The molecule has 2 aromatic rings. The van der Waals surface area contributed by atoms with Gasteiger partial charge in [-0.25, -0.2) is 0 Å². The van der Waals surface area contributed by atoms with Crippen LogP contribution in [-0.2, 0) is 4.74 Å². The van der Waals surface area contributed by atoms with E-state index in [-0.39, 0.29) is 5.70 Å². The number of hydrogen-bond donors (Lipinski definition) is 0. The quantitative estimate of drug-likeness (QED) is 0.469. The number of methoxy groups -OCH3 is 1. The predicted molar refractivity (Wildman–Crippen MR) is 70.2 cm³/mol. The van der Waals surface area contributed by atoms with Crippen LogP contribution in [0.3, 0.4) is 0 Å². The maximum atomic E-state index is 12.1. The van der Waals surface area contributed by atoms with Gasteiger partial charge in [-0.15, -0.1) is 0 Å². The lowest BCUT2D eigenvalue weighted by molar-refractivity contribution is -0.355. The monoisotopic (exact) mass is 255 g/mol. The molecule has 0 spiro atoms. The standard InChI is InChI=1S/C15H15NO3/c1-10(15(18)19-2)16-14(17)13-9-5-7-11-6-3-4-8-12(11)13/h3-9,18H,1-2H3,(H,16,17)/p-2. The van der Waals surface area contributed by atoms with Crippen LogP contribution in [0.15, 0.2) is 59.1 Å². The molecule has 0 aliphatic carbocycles. The fourth-order valence-electron chi connectivity index (χ4n) is 1.82. The minimum absolute atomic E-state index is 0.0421. The molecule has 0 radical (unpaired) electrons. The lowest BCUT2D eigenvalue weighted by atomic mass is 10.0. The SMILES string of the molecule is COC([O-])=C(C)N=C([O-])c1cccc2ccccc12. The molecule has 0 N–H and O–H groups in total. The van der Waals surface area contributed by atoms with Crippen molar-refractivity contribution in [1.29, 1.82) is 0 Å². The molecule has 0 aliphatic heterocycles. The van der Waals surface area contributed by atoms with E-state index in [0.29, 0.717) is 5.56 Å². The molecule has 0 amide bonds. The van der Waals surface area contributed by atoms with Crippen LogP contribution in [0.25, 0.3) is 10.8 Å². The van der Waals surface area contributed by atoms with Gasteiger partial charge in [0.1, 0.15) is 0 Å². The first kappa shape index (κ1) is 13.0. The Morgan fingerprint density at radius 2 is 1.74 bits per heavy atom. The van der Waals surface area contributed by atoms with Crippen LogP contribution in [0, 0.1) is 0 Å². The summed E-state index contributed by atoms with van der Waals surface area (Å²) in [5.74, 6) is -1.05. The number of hydrogen-bond acceptors (Lipinski definition) is 4. The van der Waals surface area contributed by atoms with Crippen molar-refractivity contribution in [1.82, 2.24) is 0 Å². The van der Waals surface area contributed by atoms with E-state index >= 15 is 0 Å². The number of benzene rings is 2. The topological polar surface area (TPSA) is 67.7 Å². The third kappa shape index (κ3) is 2.68. The first-order valence-corrected chi connectivity index (χ1v) is 5.79. The molecule has 4 nitrogen and oxygen atoms in total. The summed E-state index contributed by atoms with van der Waals surface area (Å²) in [6.07, 6.45) is 0. The maximum absolute atomic E-state index is 12.1. The van der Waals surface area contributed by atoms with Crippen molar-refractivity contribution in [3.05, 3.63) is 59.7 Å². The van der Waals surface area contributed by atoms with Crippen molar-refractivity contribution in [2.24, 2.45) is 4.99 Å². The maximum Gasteiger partial charge on any atom is 0.0728 e. The Morgan fingerprint density at radius 1 is 1.05 bits per heavy atom. The highest BCUT2D eigenvalue weighted by molar-refractivity contribution is 6.05. The van der Waals surface area contributed by atoms with Crippen molar-refractivity contribution in [3.63, 3.8) is 0 Å². The van der Waals surface area contributed by atoms with Crippen molar-refractivity contribution in [2.75, 3.05) is 7.11 Å². The summed E-state index contributed by atoms with van der Waals surface area (Å²) in [6, 6.07) is 12.9. The minimum Gasteiger partial charge on any atom is -0.858 e.